The Morgan fingerprint density at radius 3 is 2.76 bits per heavy atom. The molecule has 0 radical (unpaired) electrons. The Kier molecular flexibility index (Phi) is 5.61. The summed E-state index contributed by atoms with van der Waals surface area (Å²) in [4.78, 5) is 22.7. The molecule has 1 amide bonds. The molecule has 0 spiro atoms. The Bertz CT molecular complexity index is 552. The van der Waals surface area contributed by atoms with Crippen LogP contribution in [0.15, 0.2) is 22.7 Å². The molecule has 21 heavy (non-hydrogen) atoms. The van der Waals surface area contributed by atoms with Crippen LogP contribution in [0.25, 0.3) is 0 Å². The molecule has 1 aliphatic rings. The summed E-state index contributed by atoms with van der Waals surface area (Å²) >= 11 is 9.35. The SMILES string of the molecule is O=C(NCCc1cc(Cl)ccc1Br)[C@@H]1CC[C@H](C(=O)O)O1. The molecule has 5 nitrogen and oxygen atoms in total. The Labute approximate surface area is 135 Å². The third-order valence-electron chi connectivity index (χ3n) is 3.29. The molecule has 1 fully saturated rings. The number of rotatable bonds is 5. The van der Waals surface area contributed by atoms with Crippen molar-refractivity contribution in [2.24, 2.45) is 0 Å². The minimum absolute atomic E-state index is 0.267. The van der Waals surface area contributed by atoms with Gasteiger partial charge < -0.3 is 15.2 Å². The number of carbonyl (C=O) groups is 2. The highest BCUT2D eigenvalue weighted by Gasteiger charge is 2.34. The van der Waals surface area contributed by atoms with Crippen LogP contribution in [-0.2, 0) is 20.7 Å². The number of aliphatic carboxylic acids is 1. The molecule has 1 aliphatic heterocycles. The van der Waals surface area contributed by atoms with E-state index in [0.29, 0.717) is 30.8 Å². The normalized spacial score (nSPS) is 21.2. The quantitative estimate of drug-likeness (QED) is 0.827. The predicted molar refractivity (Wildman–Crippen MR) is 81.4 cm³/mol. The van der Waals surface area contributed by atoms with Gasteiger partial charge in [0.15, 0.2) is 6.10 Å². The van der Waals surface area contributed by atoms with E-state index in [2.05, 4.69) is 21.2 Å². The van der Waals surface area contributed by atoms with Gasteiger partial charge in [-0.2, -0.15) is 0 Å². The summed E-state index contributed by atoms with van der Waals surface area (Å²) in [5.41, 5.74) is 0.999. The zero-order valence-electron chi connectivity index (χ0n) is 11.1. The summed E-state index contributed by atoms with van der Waals surface area (Å²) in [7, 11) is 0. The summed E-state index contributed by atoms with van der Waals surface area (Å²) in [5.74, 6) is -1.29. The molecule has 0 aromatic heterocycles. The average Bonchev–Trinajstić information content (AvgIpc) is 2.92. The number of amides is 1. The lowest BCUT2D eigenvalue weighted by atomic mass is 10.1. The number of ether oxygens (including phenoxy) is 1. The maximum atomic E-state index is 11.9. The van der Waals surface area contributed by atoms with Gasteiger partial charge in [0.05, 0.1) is 0 Å². The number of hydrogen-bond donors (Lipinski definition) is 2. The molecule has 1 aromatic rings. The molecule has 0 unspecified atom stereocenters. The van der Waals surface area contributed by atoms with Crippen molar-refractivity contribution >= 4 is 39.4 Å². The highest BCUT2D eigenvalue weighted by atomic mass is 79.9. The number of halogens is 2. The lowest BCUT2D eigenvalue weighted by Crippen LogP contribution is -2.36. The summed E-state index contributed by atoms with van der Waals surface area (Å²) in [6, 6.07) is 5.48. The first-order valence-electron chi connectivity index (χ1n) is 6.57. The van der Waals surface area contributed by atoms with Crippen LogP contribution >= 0.6 is 27.5 Å². The summed E-state index contributed by atoms with van der Waals surface area (Å²) in [5, 5.41) is 12.2. The fraction of sp³-hybridized carbons (Fsp3) is 0.429. The van der Waals surface area contributed by atoms with E-state index in [9.17, 15) is 9.59 Å². The second-order valence-electron chi connectivity index (χ2n) is 4.81. The minimum Gasteiger partial charge on any atom is -0.479 e. The largest absolute Gasteiger partial charge is 0.479 e. The molecular formula is C14H15BrClNO4. The third-order valence-corrected chi connectivity index (χ3v) is 4.30. The second-order valence-corrected chi connectivity index (χ2v) is 6.10. The number of carboxylic acids is 1. The monoisotopic (exact) mass is 375 g/mol. The Hall–Kier alpha value is -1.11. The highest BCUT2D eigenvalue weighted by molar-refractivity contribution is 9.10. The average molecular weight is 377 g/mol. The van der Waals surface area contributed by atoms with Crippen LogP contribution in [0.5, 0.6) is 0 Å². The number of hydrogen-bond acceptors (Lipinski definition) is 3. The maximum absolute atomic E-state index is 11.9. The van der Waals surface area contributed by atoms with E-state index in [1.165, 1.54) is 0 Å². The lowest BCUT2D eigenvalue weighted by Gasteiger charge is -2.12. The topological polar surface area (TPSA) is 75.6 Å². The van der Waals surface area contributed by atoms with Gasteiger partial charge in [0.2, 0.25) is 5.91 Å². The van der Waals surface area contributed by atoms with E-state index in [0.717, 1.165) is 10.0 Å². The third kappa shape index (κ3) is 4.43. The van der Waals surface area contributed by atoms with Gasteiger partial charge in [-0.25, -0.2) is 4.79 Å². The first kappa shape index (κ1) is 16.3. The van der Waals surface area contributed by atoms with Crippen LogP contribution in [-0.4, -0.2) is 35.7 Å². The van der Waals surface area contributed by atoms with E-state index in [1.54, 1.807) is 6.07 Å². The molecule has 0 bridgehead atoms. The van der Waals surface area contributed by atoms with E-state index >= 15 is 0 Å². The Balaban J connectivity index is 1.80. The van der Waals surface area contributed by atoms with Crippen molar-refractivity contribution in [3.8, 4) is 0 Å². The van der Waals surface area contributed by atoms with Gasteiger partial charge in [-0.3, -0.25) is 4.79 Å². The van der Waals surface area contributed by atoms with Gasteiger partial charge in [-0.05, 0) is 43.0 Å². The zero-order valence-corrected chi connectivity index (χ0v) is 13.5. The molecule has 2 rings (SSSR count). The summed E-state index contributed by atoms with van der Waals surface area (Å²) in [6.45, 7) is 0.440. The van der Waals surface area contributed by atoms with Crippen molar-refractivity contribution in [1.29, 1.82) is 0 Å². The van der Waals surface area contributed by atoms with Gasteiger partial charge in [0.25, 0.3) is 0 Å². The molecule has 2 atom stereocenters. The van der Waals surface area contributed by atoms with Crippen molar-refractivity contribution < 1.29 is 19.4 Å². The smallest absolute Gasteiger partial charge is 0.332 e. The predicted octanol–water partition coefficient (Wildman–Crippen LogP) is 2.39. The van der Waals surface area contributed by atoms with Crippen LogP contribution in [0.2, 0.25) is 5.02 Å². The molecule has 1 aromatic carbocycles. The van der Waals surface area contributed by atoms with Crippen LogP contribution < -0.4 is 5.32 Å². The first-order valence-corrected chi connectivity index (χ1v) is 7.74. The number of benzene rings is 1. The minimum atomic E-state index is -1.02. The van der Waals surface area contributed by atoms with Crippen LogP contribution in [0.3, 0.4) is 0 Å². The van der Waals surface area contributed by atoms with Crippen molar-refractivity contribution in [2.45, 2.75) is 31.5 Å². The molecule has 1 heterocycles. The van der Waals surface area contributed by atoms with E-state index < -0.39 is 18.2 Å². The van der Waals surface area contributed by atoms with Gasteiger partial charge in [0, 0.05) is 16.0 Å². The van der Waals surface area contributed by atoms with E-state index in [4.69, 9.17) is 21.4 Å². The fourth-order valence-corrected chi connectivity index (χ4v) is 2.82. The number of carbonyl (C=O) groups excluding carboxylic acids is 1. The maximum Gasteiger partial charge on any atom is 0.332 e. The molecule has 2 N–H and O–H groups in total. The molecular weight excluding hydrogens is 362 g/mol. The van der Waals surface area contributed by atoms with Gasteiger partial charge >= 0.3 is 5.97 Å². The van der Waals surface area contributed by atoms with Crippen molar-refractivity contribution in [3.63, 3.8) is 0 Å². The summed E-state index contributed by atoms with van der Waals surface area (Å²) in [6.07, 6.45) is -0.115. The second kappa shape index (κ2) is 7.24. The zero-order chi connectivity index (χ0) is 15.4. The van der Waals surface area contributed by atoms with Crippen molar-refractivity contribution in [3.05, 3.63) is 33.3 Å². The van der Waals surface area contributed by atoms with Crippen LogP contribution in [0, 0.1) is 0 Å². The van der Waals surface area contributed by atoms with Crippen molar-refractivity contribution in [1.82, 2.24) is 5.32 Å². The molecule has 114 valence electrons. The Morgan fingerprint density at radius 2 is 2.10 bits per heavy atom. The van der Waals surface area contributed by atoms with Crippen molar-refractivity contribution in [2.75, 3.05) is 6.54 Å². The highest BCUT2D eigenvalue weighted by Crippen LogP contribution is 2.22. The van der Waals surface area contributed by atoms with Gasteiger partial charge in [-0.15, -0.1) is 0 Å². The number of carboxylic acid groups (broad SMARTS) is 1. The van der Waals surface area contributed by atoms with Gasteiger partial charge in [-0.1, -0.05) is 27.5 Å². The molecule has 0 saturated carbocycles. The van der Waals surface area contributed by atoms with Gasteiger partial charge in [0.1, 0.15) is 6.10 Å². The molecule has 0 aliphatic carbocycles. The van der Waals surface area contributed by atoms with E-state index in [1.807, 2.05) is 12.1 Å². The lowest BCUT2D eigenvalue weighted by molar-refractivity contribution is -0.151. The van der Waals surface area contributed by atoms with E-state index in [-0.39, 0.29) is 5.91 Å². The summed E-state index contributed by atoms with van der Waals surface area (Å²) < 4.78 is 6.12. The molecule has 1 saturated heterocycles. The first-order chi connectivity index (χ1) is 9.97. The fourth-order valence-electron chi connectivity index (χ4n) is 2.18. The van der Waals surface area contributed by atoms with Crippen LogP contribution in [0.4, 0.5) is 0 Å². The Morgan fingerprint density at radius 1 is 1.38 bits per heavy atom. The number of nitrogens with one attached hydrogen (secondary N) is 1. The van der Waals surface area contributed by atoms with Crippen LogP contribution in [0.1, 0.15) is 18.4 Å². The standard InChI is InChI=1S/C14H15BrClNO4/c15-10-2-1-9(16)7-8(10)5-6-17-13(18)11-3-4-12(21-11)14(19)20/h1-2,7,11-12H,3-6H2,(H,17,18)(H,19,20)/t11-,12+/m0/s1. The molecule has 7 heteroatoms.